The molecular formula is C28H31BrN2O4S. The van der Waals surface area contributed by atoms with Gasteiger partial charge in [0.15, 0.2) is 11.5 Å². The lowest BCUT2D eigenvalue weighted by atomic mass is 9.46. The Labute approximate surface area is 224 Å². The van der Waals surface area contributed by atoms with Crippen molar-refractivity contribution in [3.63, 3.8) is 0 Å². The Kier molecular flexibility index (Phi) is 5.68. The smallest absolute Gasteiger partial charge is 0.246 e. The fraction of sp³-hybridized carbons (Fsp3) is 0.464. The van der Waals surface area contributed by atoms with Gasteiger partial charge in [0.1, 0.15) is 6.10 Å². The van der Waals surface area contributed by atoms with Crippen molar-refractivity contribution in [3.05, 3.63) is 62.8 Å². The zero-order chi connectivity index (χ0) is 25.4. The molecule has 0 radical (unpaired) electrons. The van der Waals surface area contributed by atoms with E-state index in [-0.39, 0.29) is 29.7 Å². The second kappa shape index (κ2) is 8.45. The number of phenols is 1. The van der Waals surface area contributed by atoms with Crippen molar-refractivity contribution in [1.82, 2.24) is 9.80 Å². The molecule has 2 aliphatic heterocycles. The van der Waals surface area contributed by atoms with Crippen LogP contribution in [0.1, 0.15) is 35.8 Å². The summed E-state index contributed by atoms with van der Waals surface area (Å²) in [4.78, 5) is 18.5. The molecule has 6 atom stereocenters. The zero-order valence-corrected chi connectivity index (χ0v) is 22.9. The third-order valence-electron chi connectivity index (χ3n) is 9.03. The van der Waals surface area contributed by atoms with Crippen LogP contribution in [0.3, 0.4) is 0 Å². The van der Waals surface area contributed by atoms with E-state index in [1.165, 1.54) is 0 Å². The van der Waals surface area contributed by atoms with Gasteiger partial charge in [-0.25, -0.2) is 0 Å². The molecule has 8 heteroatoms. The van der Waals surface area contributed by atoms with Gasteiger partial charge < -0.3 is 19.8 Å². The molecule has 2 aliphatic carbocycles. The average Bonchev–Trinajstić information content (AvgIpc) is 3.41. The van der Waals surface area contributed by atoms with Crippen LogP contribution in [0, 0.1) is 5.92 Å². The monoisotopic (exact) mass is 570 g/mol. The first-order valence-electron chi connectivity index (χ1n) is 12.5. The molecule has 6 rings (SSSR count). The molecular weight excluding hydrogens is 540 g/mol. The molecule has 1 aromatic heterocycles. The highest BCUT2D eigenvalue weighted by molar-refractivity contribution is 9.10. The second-order valence-corrected chi connectivity index (χ2v) is 12.6. The van der Waals surface area contributed by atoms with Crippen molar-refractivity contribution in [2.24, 2.45) is 5.92 Å². The number of hydrogen-bond acceptors (Lipinski definition) is 6. The number of phenolic OH excluding ortho intramolecular Hbond substituents is 1. The highest BCUT2D eigenvalue weighted by Crippen LogP contribution is 2.66. The number of likely N-dealkylation sites (N-methyl/N-ethyl adjacent to an activating group) is 1. The summed E-state index contributed by atoms with van der Waals surface area (Å²) < 4.78 is 7.61. The van der Waals surface area contributed by atoms with Crippen LogP contribution in [0.4, 0.5) is 0 Å². The quantitative estimate of drug-likeness (QED) is 0.413. The number of halogens is 1. The largest absolute Gasteiger partial charge is 0.504 e. The number of nitrogens with zero attached hydrogens (tertiary/aromatic N) is 2. The van der Waals surface area contributed by atoms with Crippen molar-refractivity contribution < 1.29 is 19.7 Å². The number of piperidine rings is 1. The first-order valence-corrected chi connectivity index (χ1v) is 14.2. The Balaban J connectivity index is 1.42. The number of rotatable bonds is 5. The molecule has 0 unspecified atom stereocenters. The minimum atomic E-state index is -1.02. The summed E-state index contributed by atoms with van der Waals surface area (Å²) in [5.41, 5.74) is 0.384. The minimum absolute atomic E-state index is 0.00413. The van der Waals surface area contributed by atoms with E-state index in [1.807, 2.05) is 36.7 Å². The number of aromatic hydroxyl groups is 1. The van der Waals surface area contributed by atoms with Crippen LogP contribution in [0.2, 0.25) is 0 Å². The fourth-order valence-corrected chi connectivity index (χ4v) is 9.02. The van der Waals surface area contributed by atoms with Gasteiger partial charge in [-0.3, -0.25) is 9.69 Å². The predicted molar refractivity (Wildman–Crippen MR) is 144 cm³/mol. The Bertz CT molecular complexity index is 1280. The molecule has 4 aliphatic rings. The van der Waals surface area contributed by atoms with Crippen molar-refractivity contribution in [2.75, 3.05) is 20.1 Å². The fourth-order valence-electron chi connectivity index (χ4n) is 7.68. The normalized spacial score (nSPS) is 34.3. The minimum Gasteiger partial charge on any atom is -0.504 e. The first-order chi connectivity index (χ1) is 17.2. The summed E-state index contributed by atoms with van der Waals surface area (Å²) in [7, 11) is 1.83. The molecule has 2 bridgehead atoms. The Morgan fingerprint density at radius 2 is 2.25 bits per heavy atom. The van der Waals surface area contributed by atoms with Crippen molar-refractivity contribution in [3.8, 4) is 11.5 Å². The van der Waals surface area contributed by atoms with Gasteiger partial charge in [-0.15, -0.1) is 17.9 Å². The molecule has 1 spiro atoms. The number of carbonyl (C=O) groups excluding carboxylic acids is 1. The van der Waals surface area contributed by atoms with E-state index >= 15 is 0 Å². The van der Waals surface area contributed by atoms with E-state index in [9.17, 15) is 15.0 Å². The van der Waals surface area contributed by atoms with Crippen LogP contribution in [-0.4, -0.2) is 69.8 Å². The van der Waals surface area contributed by atoms with E-state index in [0.717, 1.165) is 27.0 Å². The van der Waals surface area contributed by atoms with E-state index < -0.39 is 17.1 Å². The molecule has 2 N–H and O–H groups in total. The lowest BCUT2D eigenvalue weighted by Gasteiger charge is -2.65. The SMILES string of the molecule is C=CCN1CC[C@]23c4c5ccc(O)c4O[C@H]2[C@@H](N(C)C(=O)/C=C/c2cc(Br)cs2)[C@@H](C)C[C@@]3(O)[C@H]1C5. The van der Waals surface area contributed by atoms with Crippen molar-refractivity contribution >= 4 is 39.2 Å². The molecule has 1 saturated heterocycles. The first kappa shape index (κ1) is 24.2. The Morgan fingerprint density at radius 1 is 1.44 bits per heavy atom. The number of thiophene rings is 1. The van der Waals surface area contributed by atoms with E-state index in [2.05, 4.69) is 34.3 Å². The molecule has 36 heavy (non-hydrogen) atoms. The molecule has 1 saturated carbocycles. The predicted octanol–water partition coefficient (Wildman–Crippen LogP) is 4.34. The number of benzene rings is 1. The van der Waals surface area contributed by atoms with E-state index in [4.69, 9.17) is 4.74 Å². The molecule has 1 amide bonds. The standard InChI is InChI=1S/C28H31BrN2O4S/c1-4-10-31-11-9-27-23-17-5-7-20(32)25(23)35-26(27)24(16(2)14-28(27,34)21(31)12-17)30(3)22(33)8-6-19-13-18(29)15-36-19/h4-8,13,15-16,21,24,26,32,34H,1,9-12,14H2,2-3H3/b8-6+/t16-,21+,24-,26-,27-,28+/m0/s1. The summed E-state index contributed by atoms with van der Waals surface area (Å²) in [6.07, 6.45) is 6.88. The molecule has 2 fully saturated rings. The number of hydrogen-bond donors (Lipinski definition) is 2. The van der Waals surface area contributed by atoms with Crippen molar-refractivity contribution in [2.45, 2.75) is 55.4 Å². The lowest BCUT2D eigenvalue weighted by Crippen LogP contribution is -2.79. The van der Waals surface area contributed by atoms with Gasteiger partial charge in [0.2, 0.25) is 5.91 Å². The van der Waals surface area contributed by atoms with Gasteiger partial charge in [-0.05, 0) is 71.4 Å². The second-order valence-electron chi connectivity index (χ2n) is 10.8. The van der Waals surface area contributed by atoms with Crippen LogP contribution in [0.25, 0.3) is 6.08 Å². The lowest BCUT2D eigenvalue weighted by molar-refractivity contribution is -0.210. The van der Waals surface area contributed by atoms with E-state index in [0.29, 0.717) is 31.6 Å². The third-order valence-corrected chi connectivity index (χ3v) is 10.7. The molecule has 6 nitrogen and oxygen atoms in total. The molecule has 2 aromatic rings. The maximum absolute atomic E-state index is 13.4. The number of aliphatic hydroxyl groups is 1. The number of amides is 1. The van der Waals surface area contributed by atoms with Crippen LogP contribution in [0.15, 0.2) is 46.8 Å². The highest BCUT2D eigenvalue weighted by atomic mass is 79.9. The molecule has 190 valence electrons. The summed E-state index contributed by atoms with van der Waals surface area (Å²) in [6.45, 7) is 7.57. The van der Waals surface area contributed by atoms with Crippen molar-refractivity contribution in [1.29, 1.82) is 0 Å². The third kappa shape index (κ3) is 3.17. The number of likely N-dealkylation sites (tertiary alicyclic amines) is 1. The number of ether oxygens (including phenoxy) is 1. The van der Waals surface area contributed by atoms with Crippen LogP contribution >= 0.6 is 27.3 Å². The molecule has 3 heterocycles. The van der Waals surface area contributed by atoms with Gasteiger partial charge in [0.25, 0.3) is 0 Å². The zero-order valence-electron chi connectivity index (χ0n) is 20.5. The van der Waals surface area contributed by atoms with Crippen LogP contribution in [0.5, 0.6) is 11.5 Å². The highest BCUT2D eigenvalue weighted by Gasteiger charge is 2.74. The van der Waals surface area contributed by atoms with Crippen LogP contribution in [-0.2, 0) is 16.6 Å². The van der Waals surface area contributed by atoms with Crippen LogP contribution < -0.4 is 4.74 Å². The van der Waals surface area contributed by atoms with Gasteiger partial charge in [-0.1, -0.05) is 19.1 Å². The van der Waals surface area contributed by atoms with Gasteiger partial charge in [0, 0.05) is 46.0 Å². The topological polar surface area (TPSA) is 73.2 Å². The molecule has 1 aromatic carbocycles. The maximum atomic E-state index is 13.4. The van der Waals surface area contributed by atoms with Gasteiger partial charge in [0.05, 0.1) is 17.1 Å². The Hall–Kier alpha value is -2.13. The Morgan fingerprint density at radius 3 is 2.97 bits per heavy atom. The number of carbonyl (C=O) groups is 1. The average molecular weight is 572 g/mol. The van der Waals surface area contributed by atoms with Gasteiger partial charge >= 0.3 is 0 Å². The van der Waals surface area contributed by atoms with Gasteiger partial charge in [-0.2, -0.15) is 0 Å². The maximum Gasteiger partial charge on any atom is 0.246 e. The van der Waals surface area contributed by atoms with E-state index in [1.54, 1.807) is 28.4 Å². The summed E-state index contributed by atoms with van der Waals surface area (Å²) >= 11 is 5.03. The summed E-state index contributed by atoms with van der Waals surface area (Å²) in [5, 5.41) is 25.4. The summed E-state index contributed by atoms with van der Waals surface area (Å²) in [5.74, 6) is 0.495. The summed E-state index contributed by atoms with van der Waals surface area (Å²) in [6, 6.07) is 5.35.